The number of rotatable bonds is 11. The van der Waals surface area contributed by atoms with Crippen LogP contribution in [0.2, 0.25) is 5.15 Å². The smallest absolute Gasteiger partial charge is 0.410 e. The second-order valence-electron chi connectivity index (χ2n) is 27.7. The zero-order valence-electron chi connectivity index (χ0n) is 55.4. The third-order valence-corrected chi connectivity index (χ3v) is 17.9. The van der Waals surface area contributed by atoms with Crippen molar-refractivity contribution in [3.63, 3.8) is 0 Å². The molecule has 0 aromatic carbocycles. The summed E-state index contributed by atoms with van der Waals surface area (Å²) >= 11 is 6.19. The van der Waals surface area contributed by atoms with Crippen molar-refractivity contribution < 1.29 is 54.9 Å². The number of carbonyl (C=O) groups excluding carboxylic acids is 3. The Bertz CT molecular complexity index is 3330. The number of ether oxygens (including phenoxy) is 3. The van der Waals surface area contributed by atoms with Gasteiger partial charge in [-0.2, -0.15) is 20.2 Å². The zero-order valence-corrected chi connectivity index (χ0v) is 56.1. The van der Waals surface area contributed by atoms with Crippen LogP contribution in [-0.2, 0) is 14.2 Å². The molecule has 3 amide bonds. The molecule has 0 spiro atoms. The van der Waals surface area contributed by atoms with Crippen molar-refractivity contribution in [1.82, 2.24) is 64.2 Å². The first-order chi connectivity index (χ1) is 44.3. The quantitative estimate of drug-likeness (QED) is 0.0633. The van der Waals surface area contributed by atoms with Crippen molar-refractivity contribution in [2.75, 3.05) is 62.3 Å². The molecule has 11 rings (SSSR count). The Balaban J connectivity index is 0.000000167. The highest BCUT2D eigenvalue weighted by Crippen LogP contribution is 2.39. The number of hydrogen-bond acceptors (Lipinski definition) is 17. The summed E-state index contributed by atoms with van der Waals surface area (Å²) in [5.41, 5.74) is 3.21. The van der Waals surface area contributed by atoms with Gasteiger partial charge in [-0.3, -0.25) is 0 Å². The van der Waals surface area contributed by atoms with E-state index in [1.165, 1.54) is 7.11 Å². The maximum absolute atomic E-state index is 13.6. The number of nitrogens with one attached hydrogen (secondary N) is 3. The molecule has 3 N–H and O–H groups in total. The number of nitrogens with zero attached hydrogens (tertiary/aromatic N) is 13. The van der Waals surface area contributed by atoms with Gasteiger partial charge >= 0.3 is 18.3 Å². The van der Waals surface area contributed by atoms with Gasteiger partial charge in [0.2, 0.25) is 23.7 Å². The van der Waals surface area contributed by atoms with Crippen LogP contribution in [0.3, 0.4) is 0 Å². The minimum Gasteiger partial charge on any atom is -0.453 e. The summed E-state index contributed by atoms with van der Waals surface area (Å²) in [6.07, 6.45) is 8.91. The number of amides is 3. The van der Waals surface area contributed by atoms with Crippen LogP contribution in [0, 0.1) is 13.8 Å². The number of hydrogen-bond donors (Lipinski definition) is 3. The van der Waals surface area contributed by atoms with Crippen molar-refractivity contribution in [1.29, 1.82) is 0 Å². The van der Waals surface area contributed by atoms with Crippen molar-refractivity contribution in [2.24, 2.45) is 0 Å². The standard InChI is InChI=1S/C24H34F2N6O2.C21H28F2N6O2.C20H29ClF2N4O2/c1-16-7-14-32(30-16)21-28-19(15-20(29-21)27-18-5-10-24(25,26)11-6-18)17-8-12-31(13-9-17)22(33)34-23(2,3)4;1-14-5-12-29(27-14)19-25-17(15-6-10-28(11-7-15)20(30)31-2)13-18(26-19)24-16-3-8-21(22,23)9-4-16;1-19(2,3)29-18(28)27-10-6-13(7-11-27)15-12-16(21)26-17(25-15)24-14-4-8-20(22,23)9-5-14/h7,14-15,17-18H,5-6,8-13H2,1-4H3,(H,27,28,29);5,12-13,15-16H,3-4,6-11H2,1-2H3,(H,24,25,26);12-14H,4-11H2,1-3H3,(H,24,25,26). The summed E-state index contributed by atoms with van der Waals surface area (Å²) in [4.78, 5) is 69.1. The molecule has 3 aliphatic heterocycles. The van der Waals surface area contributed by atoms with Gasteiger partial charge in [0.25, 0.3) is 11.9 Å². The summed E-state index contributed by atoms with van der Waals surface area (Å²) in [6, 6.07) is 9.16. The van der Waals surface area contributed by atoms with Gasteiger partial charge in [0.05, 0.1) is 35.6 Å². The second kappa shape index (κ2) is 30.2. The third kappa shape index (κ3) is 20.9. The molecule has 0 radical (unpaired) electrons. The van der Waals surface area contributed by atoms with Crippen LogP contribution < -0.4 is 16.0 Å². The molecular weight excluding hydrogens is 1250 g/mol. The van der Waals surface area contributed by atoms with Gasteiger partial charge in [0.15, 0.2) is 0 Å². The monoisotopic (exact) mass is 1340 g/mol. The first-order valence-electron chi connectivity index (χ1n) is 32.9. The Hall–Kier alpha value is -7.26. The molecule has 6 aliphatic rings. The lowest BCUT2D eigenvalue weighted by Crippen LogP contribution is -2.41. The molecule has 5 aromatic heterocycles. The second-order valence-corrected chi connectivity index (χ2v) is 28.1. The molecule has 3 saturated heterocycles. The molecule has 94 heavy (non-hydrogen) atoms. The van der Waals surface area contributed by atoms with Crippen molar-refractivity contribution >= 4 is 47.5 Å². The highest BCUT2D eigenvalue weighted by Gasteiger charge is 2.39. The minimum atomic E-state index is -2.57. The normalized spacial score (nSPS) is 20.2. The molecule has 0 unspecified atom stereocenters. The van der Waals surface area contributed by atoms with E-state index in [2.05, 4.69) is 46.1 Å². The van der Waals surface area contributed by atoms with Gasteiger partial charge in [-0.05, 0) is 151 Å². The predicted molar refractivity (Wildman–Crippen MR) is 343 cm³/mol. The predicted octanol–water partition coefficient (Wildman–Crippen LogP) is 14.2. The molecule has 0 atom stereocenters. The number of aromatic nitrogens is 10. The fourth-order valence-corrected chi connectivity index (χ4v) is 12.6. The van der Waals surface area contributed by atoms with Crippen LogP contribution in [0.1, 0.15) is 203 Å². The third-order valence-electron chi connectivity index (χ3n) is 17.7. The van der Waals surface area contributed by atoms with Crippen LogP contribution in [0.15, 0.2) is 42.7 Å². The SMILES string of the molecule is CC(C)(C)OC(=O)N1CCC(c2cc(Cl)nc(NC3CCC(F)(F)CC3)n2)CC1.COC(=O)N1CCC(c2cc(NC3CCC(F)(F)CC3)nc(-n3ccc(C)n3)n2)CC1.Cc1ccn(-c2nc(NC3CCC(F)(F)CC3)cc(C3CCN(C(=O)OC(C)(C)C)CC3)n2)n1. The molecular formula is C65H91ClF6N16O6. The van der Waals surface area contributed by atoms with E-state index in [1.54, 1.807) is 36.3 Å². The molecule has 29 heteroatoms. The van der Waals surface area contributed by atoms with Gasteiger partial charge in [-0.15, -0.1) is 0 Å². The van der Waals surface area contributed by atoms with E-state index in [0.717, 1.165) is 67.0 Å². The lowest BCUT2D eigenvalue weighted by atomic mass is 9.92. The summed E-state index contributed by atoms with van der Waals surface area (Å²) in [6.45, 7) is 18.4. The lowest BCUT2D eigenvalue weighted by Gasteiger charge is -2.33. The largest absolute Gasteiger partial charge is 0.453 e. The Morgan fingerprint density at radius 1 is 0.479 bits per heavy atom. The van der Waals surface area contributed by atoms with Crippen LogP contribution in [-0.4, -0.2) is 176 Å². The minimum absolute atomic E-state index is 0.0456. The maximum atomic E-state index is 13.6. The Morgan fingerprint density at radius 2 is 0.809 bits per heavy atom. The van der Waals surface area contributed by atoms with E-state index in [0.29, 0.717) is 112 Å². The molecule has 6 fully saturated rings. The maximum Gasteiger partial charge on any atom is 0.410 e. The van der Waals surface area contributed by atoms with E-state index < -0.39 is 29.0 Å². The number of carbonyl (C=O) groups is 3. The van der Waals surface area contributed by atoms with Crippen molar-refractivity contribution in [3.8, 4) is 11.9 Å². The van der Waals surface area contributed by atoms with Gasteiger partial charge in [0, 0.05) is 138 Å². The molecule has 0 bridgehead atoms. The molecule has 5 aromatic rings. The number of aryl methyl sites for hydroxylation is 2. The molecule has 3 aliphatic carbocycles. The van der Waals surface area contributed by atoms with Crippen LogP contribution >= 0.6 is 11.6 Å². The average Bonchev–Trinajstić information content (AvgIpc) is 1.29. The van der Waals surface area contributed by atoms with Crippen LogP contribution in [0.25, 0.3) is 11.9 Å². The molecule has 3 saturated carbocycles. The van der Waals surface area contributed by atoms with Gasteiger partial charge < -0.3 is 44.9 Å². The van der Waals surface area contributed by atoms with Crippen molar-refractivity contribution in [2.45, 2.75) is 236 Å². The topological polar surface area (TPSA) is 238 Å². The summed E-state index contributed by atoms with van der Waals surface area (Å²) in [5.74, 6) is -4.72. The highest BCUT2D eigenvalue weighted by atomic mass is 35.5. The summed E-state index contributed by atoms with van der Waals surface area (Å²) in [5, 5.41) is 19.0. The fraction of sp³-hybridized carbons (Fsp3) is 0.677. The zero-order chi connectivity index (χ0) is 67.8. The fourth-order valence-electron chi connectivity index (χ4n) is 12.4. The molecule has 8 heterocycles. The average molecular weight is 1340 g/mol. The number of alkyl halides is 6. The van der Waals surface area contributed by atoms with E-state index >= 15 is 0 Å². The highest BCUT2D eigenvalue weighted by molar-refractivity contribution is 6.29. The van der Waals surface area contributed by atoms with E-state index in [9.17, 15) is 40.7 Å². The van der Waals surface area contributed by atoms with Crippen LogP contribution in [0.4, 0.5) is 58.3 Å². The summed E-state index contributed by atoms with van der Waals surface area (Å²) in [7, 11) is 1.39. The van der Waals surface area contributed by atoms with Gasteiger partial charge in [-0.1, -0.05) is 11.6 Å². The van der Waals surface area contributed by atoms with Crippen molar-refractivity contribution in [3.05, 3.63) is 76.3 Å². The number of halogens is 7. The first-order valence-corrected chi connectivity index (χ1v) is 33.3. The lowest BCUT2D eigenvalue weighted by molar-refractivity contribution is -0.0366. The number of piperidine rings is 3. The van der Waals surface area contributed by atoms with E-state index in [-0.39, 0.29) is 92.7 Å². The number of anilines is 3. The van der Waals surface area contributed by atoms with E-state index in [1.807, 2.05) is 85.9 Å². The Kier molecular flexibility index (Phi) is 22.8. The van der Waals surface area contributed by atoms with E-state index in [4.69, 9.17) is 35.8 Å². The van der Waals surface area contributed by atoms with Crippen LogP contribution in [0.5, 0.6) is 0 Å². The molecule has 516 valence electrons. The number of likely N-dealkylation sites (tertiary alicyclic amines) is 3. The Morgan fingerprint density at radius 3 is 1.13 bits per heavy atom. The summed E-state index contributed by atoms with van der Waals surface area (Å²) < 4.78 is 99.9. The first kappa shape index (κ1) is 71.0. The van der Waals surface area contributed by atoms with Gasteiger partial charge in [0.1, 0.15) is 28.0 Å². The Labute approximate surface area is 550 Å². The molecule has 22 nitrogen and oxygen atoms in total. The van der Waals surface area contributed by atoms with Gasteiger partial charge in [-0.25, -0.2) is 70.0 Å². The number of methoxy groups -OCH3 is 1.